The zero-order chi connectivity index (χ0) is 22.4. The van der Waals surface area contributed by atoms with Crippen molar-refractivity contribution in [3.05, 3.63) is 93.2 Å². The zero-order valence-electron chi connectivity index (χ0n) is 17.2. The summed E-state index contributed by atoms with van der Waals surface area (Å²) in [4.78, 5) is 2.32. The summed E-state index contributed by atoms with van der Waals surface area (Å²) in [7, 11) is -6.99. The summed E-state index contributed by atoms with van der Waals surface area (Å²) in [6.07, 6.45) is 0. The van der Waals surface area contributed by atoms with Crippen LogP contribution in [-0.2, 0) is 19.7 Å². The van der Waals surface area contributed by atoms with Gasteiger partial charge in [-0.05, 0) is 50.2 Å². The normalized spacial score (nSPS) is 13.9. The SMILES string of the molecule is Cc1ccc(S(=O)(=O)C(=C2Sc3ccccc3N2C)S(=O)(=O)c2ccc(C)cc2)cc1. The van der Waals surface area contributed by atoms with E-state index in [9.17, 15) is 16.8 Å². The monoisotopic (exact) mass is 471 g/mol. The highest BCUT2D eigenvalue weighted by Crippen LogP contribution is 2.49. The number of hydrogen-bond acceptors (Lipinski definition) is 6. The molecule has 4 rings (SSSR count). The molecule has 1 aliphatic rings. The Morgan fingerprint density at radius 1 is 0.710 bits per heavy atom. The molecular weight excluding hydrogens is 450 g/mol. The van der Waals surface area contributed by atoms with Crippen molar-refractivity contribution in [1.82, 2.24) is 0 Å². The average molecular weight is 472 g/mol. The van der Waals surface area contributed by atoms with Gasteiger partial charge in [0, 0.05) is 11.9 Å². The Bertz CT molecular complexity index is 1310. The molecule has 0 fully saturated rings. The summed E-state index contributed by atoms with van der Waals surface area (Å²) < 4.78 is 54.3. The van der Waals surface area contributed by atoms with Gasteiger partial charge in [-0.25, -0.2) is 16.8 Å². The van der Waals surface area contributed by atoms with Crippen LogP contribution in [0.4, 0.5) is 5.69 Å². The molecule has 1 aliphatic heterocycles. The van der Waals surface area contributed by atoms with Gasteiger partial charge in [-0.1, -0.05) is 59.3 Å². The Morgan fingerprint density at radius 2 is 1.16 bits per heavy atom. The predicted molar refractivity (Wildman–Crippen MR) is 124 cm³/mol. The molecular formula is C23H21NO4S3. The molecule has 160 valence electrons. The van der Waals surface area contributed by atoms with Gasteiger partial charge < -0.3 is 4.90 Å². The second-order valence-corrected chi connectivity index (χ2v) is 12.4. The van der Waals surface area contributed by atoms with Crippen molar-refractivity contribution in [2.75, 3.05) is 11.9 Å². The lowest BCUT2D eigenvalue weighted by atomic mass is 10.2. The van der Waals surface area contributed by atoms with Gasteiger partial charge in [-0.2, -0.15) is 0 Å². The van der Waals surface area contributed by atoms with Crippen molar-refractivity contribution in [3.8, 4) is 0 Å². The highest BCUT2D eigenvalue weighted by molar-refractivity contribution is 8.16. The fourth-order valence-electron chi connectivity index (χ4n) is 3.30. The summed E-state index contributed by atoms with van der Waals surface area (Å²) in [5.74, 6) is 0. The number of anilines is 1. The highest BCUT2D eigenvalue weighted by Gasteiger charge is 2.40. The molecule has 0 aliphatic carbocycles. The summed E-state index contributed by atoms with van der Waals surface area (Å²) in [5, 5.41) is 0.169. The van der Waals surface area contributed by atoms with Crippen molar-refractivity contribution in [3.63, 3.8) is 0 Å². The van der Waals surface area contributed by atoms with Crippen molar-refractivity contribution < 1.29 is 16.8 Å². The number of thioether (sulfide) groups is 1. The van der Waals surface area contributed by atoms with Crippen LogP contribution in [0, 0.1) is 13.8 Å². The molecule has 0 amide bonds. The molecule has 0 N–H and O–H groups in total. The fourth-order valence-corrected chi connectivity index (χ4v) is 9.08. The van der Waals surface area contributed by atoms with Crippen LogP contribution in [0.1, 0.15) is 11.1 Å². The molecule has 8 heteroatoms. The molecule has 31 heavy (non-hydrogen) atoms. The maximum atomic E-state index is 13.7. The third-order valence-corrected chi connectivity index (χ3v) is 11.0. The first-order valence-corrected chi connectivity index (χ1v) is 13.3. The first-order chi connectivity index (χ1) is 14.6. The number of fused-ring (bicyclic) bond motifs is 1. The molecule has 0 atom stereocenters. The van der Waals surface area contributed by atoms with Gasteiger partial charge in [-0.3, -0.25) is 0 Å². The number of aryl methyl sites for hydroxylation is 2. The number of benzene rings is 3. The topological polar surface area (TPSA) is 71.5 Å². The largest absolute Gasteiger partial charge is 0.336 e. The van der Waals surface area contributed by atoms with E-state index in [-0.39, 0.29) is 14.8 Å². The third kappa shape index (κ3) is 3.79. The Hall–Kier alpha value is -2.55. The first-order valence-electron chi connectivity index (χ1n) is 9.51. The van der Waals surface area contributed by atoms with Gasteiger partial charge >= 0.3 is 0 Å². The minimum atomic E-state index is -4.34. The minimum absolute atomic E-state index is 0.0544. The van der Waals surface area contributed by atoms with Crippen LogP contribution in [-0.4, -0.2) is 23.9 Å². The van der Waals surface area contributed by atoms with Gasteiger partial charge in [0.1, 0.15) is 5.03 Å². The van der Waals surface area contributed by atoms with E-state index >= 15 is 0 Å². The molecule has 3 aromatic rings. The van der Waals surface area contributed by atoms with Gasteiger partial charge in [0.2, 0.25) is 19.7 Å². The van der Waals surface area contributed by atoms with Crippen LogP contribution in [0.5, 0.6) is 0 Å². The van der Waals surface area contributed by atoms with Gasteiger partial charge in [-0.15, -0.1) is 0 Å². The van der Waals surface area contributed by atoms with Crippen LogP contribution in [0.15, 0.2) is 96.7 Å². The van der Waals surface area contributed by atoms with Crippen molar-refractivity contribution in [2.45, 2.75) is 28.5 Å². The molecule has 0 aromatic heterocycles. The second-order valence-electron chi connectivity index (χ2n) is 7.35. The molecule has 0 bridgehead atoms. The lowest BCUT2D eigenvalue weighted by molar-refractivity contribution is 0.594. The van der Waals surface area contributed by atoms with Crippen molar-refractivity contribution in [2.24, 2.45) is 0 Å². The smallest absolute Gasteiger partial charge is 0.220 e. The number of sulfone groups is 2. The Morgan fingerprint density at radius 3 is 1.61 bits per heavy atom. The van der Waals surface area contributed by atoms with Crippen LogP contribution in [0.3, 0.4) is 0 Å². The van der Waals surface area contributed by atoms with E-state index in [2.05, 4.69) is 0 Å². The van der Waals surface area contributed by atoms with E-state index in [1.165, 1.54) is 24.3 Å². The molecule has 0 radical (unpaired) electrons. The van der Waals surface area contributed by atoms with Crippen molar-refractivity contribution >= 4 is 37.1 Å². The maximum Gasteiger partial charge on any atom is 0.220 e. The standard InChI is InChI=1S/C23H21NO4S3/c1-16-8-12-18(13-9-16)30(25,26)23(31(27,28)19-14-10-17(2)11-15-19)22-24(3)20-6-4-5-7-21(20)29-22/h4-15H,1-3H3. The van der Waals surface area contributed by atoms with E-state index in [1.54, 1.807) is 36.2 Å². The quantitative estimate of drug-likeness (QED) is 0.538. The summed E-state index contributed by atoms with van der Waals surface area (Å²) >= 11 is 1.15. The molecule has 0 saturated carbocycles. The summed E-state index contributed by atoms with van der Waals surface area (Å²) in [5.41, 5.74) is 2.53. The Kier molecular flexibility index (Phi) is 5.49. The highest BCUT2D eigenvalue weighted by atomic mass is 32.3. The second kappa shape index (κ2) is 7.85. The molecule has 0 saturated heterocycles. The lowest BCUT2D eigenvalue weighted by Crippen LogP contribution is -2.22. The third-order valence-electron chi connectivity index (χ3n) is 5.06. The van der Waals surface area contributed by atoms with Gasteiger partial charge in [0.15, 0.2) is 4.24 Å². The van der Waals surface area contributed by atoms with Gasteiger partial charge in [0.25, 0.3) is 0 Å². The van der Waals surface area contributed by atoms with Crippen LogP contribution < -0.4 is 4.90 Å². The Balaban J connectivity index is 2.01. The molecule has 5 nitrogen and oxygen atoms in total. The van der Waals surface area contributed by atoms with E-state index in [4.69, 9.17) is 0 Å². The molecule has 1 heterocycles. The summed E-state index contributed by atoms with van der Waals surface area (Å²) in [6.45, 7) is 3.69. The number of rotatable bonds is 4. The Labute approximate surface area is 187 Å². The van der Waals surface area contributed by atoms with Crippen LogP contribution in [0.25, 0.3) is 0 Å². The first kappa shape index (κ1) is 21.7. The van der Waals surface area contributed by atoms with E-state index in [1.807, 2.05) is 38.1 Å². The fraction of sp³-hybridized carbons (Fsp3) is 0.130. The number of nitrogens with zero attached hydrogens (tertiary/aromatic N) is 1. The average Bonchev–Trinajstić information content (AvgIpc) is 3.04. The van der Waals surface area contributed by atoms with Crippen molar-refractivity contribution in [1.29, 1.82) is 0 Å². The van der Waals surface area contributed by atoms with E-state index < -0.39 is 23.9 Å². The zero-order valence-corrected chi connectivity index (χ0v) is 19.7. The van der Waals surface area contributed by atoms with Gasteiger partial charge in [0.05, 0.1) is 15.5 Å². The summed E-state index contributed by atoms with van der Waals surface area (Å²) in [6, 6.07) is 19.8. The lowest BCUT2D eigenvalue weighted by Gasteiger charge is -2.19. The molecule has 3 aromatic carbocycles. The molecule has 0 spiro atoms. The predicted octanol–water partition coefficient (Wildman–Crippen LogP) is 4.92. The van der Waals surface area contributed by atoms with E-state index in [0.717, 1.165) is 33.5 Å². The molecule has 0 unspecified atom stereocenters. The van der Waals surface area contributed by atoms with Crippen LogP contribution in [0.2, 0.25) is 0 Å². The van der Waals surface area contributed by atoms with E-state index in [0.29, 0.717) is 0 Å². The maximum absolute atomic E-state index is 13.7. The number of para-hydroxylation sites is 1. The number of hydrogen-bond donors (Lipinski definition) is 0. The minimum Gasteiger partial charge on any atom is -0.336 e. The van der Waals surface area contributed by atoms with Crippen LogP contribution >= 0.6 is 11.8 Å².